The molecule has 0 aliphatic rings. The van der Waals surface area contributed by atoms with Gasteiger partial charge in [-0.05, 0) is 60.2 Å². The van der Waals surface area contributed by atoms with Crippen molar-refractivity contribution in [3.05, 3.63) is 26.9 Å². The van der Waals surface area contributed by atoms with Gasteiger partial charge < -0.3 is 0 Å². The molecule has 1 aromatic rings. The van der Waals surface area contributed by atoms with Crippen molar-refractivity contribution < 1.29 is 5.11 Å². The summed E-state index contributed by atoms with van der Waals surface area (Å²) in [4.78, 5) is 1.28. The van der Waals surface area contributed by atoms with E-state index in [0.717, 1.165) is 30.2 Å². The Morgan fingerprint density at radius 2 is 2.12 bits per heavy atom. The van der Waals surface area contributed by atoms with E-state index in [1.54, 1.807) is 11.3 Å². The van der Waals surface area contributed by atoms with Gasteiger partial charge in [-0.1, -0.05) is 19.9 Å². The molecule has 1 nitrogen and oxygen atoms in total. The molecule has 0 spiro atoms. The minimum atomic E-state index is -0.729. The maximum atomic E-state index is 12.1. The van der Waals surface area contributed by atoms with Crippen LogP contribution in [0.2, 0.25) is 0 Å². The predicted octanol–water partition coefficient (Wildman–Crippen LogP) is 5.68. The Morgan fingerprint density at radius 3 is 2.59 bits per heavy atom. The second-order valence-corrected chi connectivity index (χ2v) is 6.27. The van der Waals surface area contributed by atoms with E-state index in [4.69, 9.17) is 0 Å². The average Bonchev–Trinajstić information content (AvgIpc) is 2.75. The van der Waals surface area contributed by atoms with E-state index >= 15 is 0 Å². The molecule has 1 aromatic heterocycles. The van der Waals surface area contributed by atoms with Gasteiger partial charge in [0.25, 0.3) is 0 Å². The molecule has 1 radical (unpaired) electrons. The summed E-state index contributed by atoms with van der Waals surface area (Å²) >= 11 is 5.19. The van der Waals surface area contributed by atoms with E-state index < -0.39 is 5.60 Å². The summed E-state index contributed by atoms with van der Waals surface area (Å²) in [7, 11) is 0. The first kappa shape index (κ1) is 14.9. The Kier molecular flexibility index (Phi) is 5.90. The molecule has 0 saturated heterocycles. The summed E-state index contributed by atoms with van der Waals surface area (Å²) in [6.07, 6.45) is 5.26. The third-order valence-electron chi connectivity index (χ3n) is 3.30. The molecule has 0 amide bonds. The van der Waals surface area contributed by atoms with E-state index in [1.165, 1.54) is 10.5 Å². The van der Waals surface area contributed by atoms with Crippen molar-refractivity contribution in [1.29, 1.82) is 0 Å². The fourth-order valence-electron chi connectivity index (χ4n) is 1.78. The van der Waals surface area contributed by atoms with Gasteiger partial charge in [-0.15, -0.1) is 11.3 Å². The predicted molar refractivity (Wildman–Crippen MR) is 78.9 cm³/mol. The molecule has 95 valence electrons. The number of hydrogen-bond acceptors (Lipinski definition) is 1. The lowest BCUT2D eigenvalue weighted by molar-refractivity contribution is -0.0423. The van der Waals surface area contributed by atoms with E-state index in [2.05, 4.69) is 40.4 Å². The highest BCUT2D eigenvalue weighted by molar-refractivity contribution is 9.10. The highest BCUT2D eigenvalue weighted by atomic mass is 79.9. The standard InChI is InChI=1S/C14H20BrOS/c1-4-14(16,5-2)8-6-7-11(3)13-9-12(15)10-17-13/h7,9-10H,4-6,8H2,1-3H3/b11-7+. The van der Waals surface area contributed by atoms with E-state index in [1.807, 2.05) is 13.8 Å². The lowest BCUT2D eigenvalue weighted by atomic mass is 9.91. The number of allylic oxidation sites excluding steroid dienone is 2. The Hall–Kier alpha value is -0.120. The second kappa shape index (κ2) is 6.72. The first-order valence-electron chi connectivity index (χ1n) is 6.12. The summed E-state index contributed by atoms with van der Waals surface area (Å²) < 4.78 is 1.13. The third kappa shape index (κ3) is 4.57. The molecule has 0 aliphatic heterocycles. The molecular formula is C14H20BrOS. The smallest absolute Gasteiger partial charge is 0.103 e. The van der Waals surface area contributed by atoms with Crippen molar-refractivity contribution in [1.82, 2.24) is 0 Å². The van der Waals surface area contributed by atoms with Gasteiger partial charge in [0.15, 0.2) is 0 Å². The molecule has 1 rings (SSSR count). The fourth-order valence-corrected chi connectivity index (χ4v) is 3.21. The fraction of sp³-hybridized carbons (Fsp3) is 0.571. The van der Waals surface area contributed by atoms with Gasteiger partial charge in [0.1, 0.15) is 5.60 Å². The highest BCUT2D eigenvalue weighted by Crippen LogP contribution is 2.28. The van der Waals surface area contributed by atoms with Crippen molar-refractivity contribution in [3.8, 4) is 0 Å². The lowest BCUT2D eigenvalue weighted by Gasteiger charge is -2.21. The third-order valence-corrected chi connectivity index (χ3v) is 5.12. The number of halogens is 1. The van der Waals surface area contributed by atoms with Crippen molar-refractivity contribution in [2.45, 2.75) is 52.1 Å². The van der Waals surface area contributed by atoms with Crippen LogP contribution in [-0.4, -0.2) is 5.60 Å². The van der Waals surface area contributed by atoms with Crippen LogP contribution in [0.3, 0.4) is 0 Å². The van der Waals surface area contributed by atoms with E-state index in [0.29, 0.717) is 0 Å². The quantitative estimate of drug-likeness (QED) is 0.643. The summed E-state index contributed by atoms with van der Waals surface area (Å²) in [6.45, 7) is 6.09. The largest absolute Gasteiger partial charge is 0.230 e. The normalized spacial score (nSPS) is 13.1. The zero-order valence-corrected chi connectivity index (χ0v) is 13.2. The van der Waals surface area contributed by atoms with Crippen LogP contribution in [-0.2, 0) is 5.11 Å². The van der Waals surface area contributed by atoms with Crippen LogP contribution in [0.25, 0.3) is 5.57 Å². The van der Waals surface area contributed by atoms with Crippen LogP contribution in [0.1, 0.15) is 51.3 Å². The van der Waals surface area contributed by atoms with Gasteiger partial charge in [-0.3, -0.25) is 0 Å². The van der Waals surface area contributed by atoms with Gasteiger partial charge in [0.2, 0.25) is 0 Å². The van der Waals surface area contributed by atoms with Gasteiger partial charge in [-0.25, -0.2) is 5.11 Å². The molecule has 0 N–H and O–H groups in total. The summed E-state index contributed by atoms with van der Waals surface area (Å²) in [5, 5.41) is 14.2. The lowest BCUT2D eigenvalue weighted by Crippen LogP contribution is -2.24. The zero-order valence-electron chi connectivity index (χ0n) is 10.8. The zero-order chi connectivity index (χ0) is 12.9. The Bertz CT molecular complexity index is 377. The molecule has 0 aliphatic carbocycles. The van der Waals surface area contributed by atoms with Crippen molar-refractivity contribution in [2.75, 3.05) is 0 Å². The van der Waals surface area contributed by atoms with Crippen LogP contribution in [0.5, 0.6) is 0 Å². The number of thiophene rings is 1. The van der Waals surface area contributed by atoms with Crippen LogP contribution < -0.4 is 0 Å². The van der Waals surface area contributed by atoms with Crippen LogP contribution in [0.4, 0.5) is 0 Å². The van der Waals surface area contributed by atoms with Crippen LogP contribution >= 0.6 is 27.3 Å². The molecule has 0 saturated carbocycles. The molecule has 1 heterocycles. The number of rotatable bonds is 6. The second-order valence-electron chi connectivity index (χ2n) is 4.45. The van der Waals surface area contributed by atoms with Gasteiger partial charge in [0.05, 0.1) is 0 Å². The first-order valence-corrected chi connectivity index (χ1v) is 7.79. The first-order chi connectivity index (χ1) is 8.00. The van der Waals surface area contributed by atoms with Gasteiger partial charge in [0, 0.05) is 14.7 Å². The average molecular weight is 316 g/mol. The molecule has 0 fully saturated rings. The van der Waals surface area contributed by atoms with E-state index in [-0.39, 0.29) is 0 Å². The van der Waals surface area contributed by atoms with Gasteiger partial charge >= 0.3 is 0 Å². The molecular weight excluding hydrogens is 296 g/mol. The SMILES string of the molecule is CCC([O])(CC)CC/C=C(\C)c1cc(Br)cs1. The van der Waals surface area contributed by atoms with Gasteiger partial charge in [-0.2, -0.15) is 0 Å². The molecule has 0 atom stereocenters. The minimum absolute atomic E-state index is 0.723. The molecule has 17 heavy (non-hydrogen) atoms. The molecule has 0 unspecified atom stereocenters. The van der Waals surface area contributed by atoms with Crippen LogP contribution in [0.15, 0.2) is 22.0 Å². The van der Waals surface area contributed by atoms with Crippen molar-refractivity contribution in [3.63, 3.8) is 0 Å². The molecule has 3 heteroatoms. The number of hydrogen-bond donors (Lipinski definition) is 0. The molecule has 0 bridgehead atoms. The Balaban J connectivity index is 2.54. The molecule has 0 aromatic carbocycles. The maximum absolute atomic E-state index is 12.1. The minimum Gasteiger partial charge on any atom is -0.230 e. The monoisotopic (exact) mass is 315 g/mol. The summed E-state index contributed by atoms with van der Waals surface area (Å²) in [5.41, 5.74) is 0.544. The highest BCUT2D eigenvalue weighted by Gasteiger charge is 2.23. The van der Waals surface area contributed by atoms with Crippen molar-refractivity contribution >= 4 is 32.8 Å². The summed E-state index contributed by atoms with van der Waals surface area (Å²) in [5.74, 6) is 0. The Labute approximate surface area is 117 Å². The topological polar surface area (TPSA) is 19.9 Å². The van der Waals surface area contributed by atoms with E-state index in [9.17, 15) is 5.11 Å². The van der Waals surface area contributed by atoms with Crippen LogP contribution in [0, 0.1) is 0 Å². The summed E-state index contributed by atoms with van der Waals surface area (Å²) in [6, 6.07) is 2.13. The maximum Gasteiger partial charge on any atom is 0.103 e. The Morgan fingerprint density at radius 1 is 1.47 bits per heavy atom. The van der Waals surface area contributed by atoms with Crippen molar-refractivity contribution in [2.24, 2.45) is 0 Å².